The van der Waals surface area contributed by atoms with Gasteiger partial charge in [0.25, 0.3) is 0 Å². The monoisotopic (exact) mass is 280 g/mol. The molecule has 0 unspecified atom stereocenters. The number of aromatic hydroxyl groups is 1. The Labute approximate surface area is 122 Å². The van der Waals surface area contributed by atoms with Gasteiger partial charge in [-0.1, -0.05) is 18.2 Å². The number of aryl methyl sites for hydroxylation is 1. The Bertz CT molecular complexity index is 801. The van der Waals surface area contributed by atoms with Gasteiger partial charge in [-0.25, -0.2) is 4.98 Å². The van der Waals surface area contributed by atoms with Crippen LogP contribution >= 0.6 is 0 Å². The van der Waals surface area contributed by atoms with E-state index in [0.717, 1.165) is 22.3 Å². The number of nitrogens with zero attached hydrogens (tertiary/aromatic N) is 2. The average Bonchev–Trinajstić information content (AvgIpc) is 2.50. The number of nitrogens with one attached hydrogen (secondary N) is 2. The highest BCUT2D eigenvalue weighted by Gasteiger charge is 2.08. The average molecular weight is 280 g/mol. The summed E-state index contributed by atoms with van der Waals surface area (Å²) in [5.74, 6) is 1.36. The van der Waals surface area contributed by atoms with Gasteiger partial charge >= 0.3 is 0 Å². The maximum Gasteiger partial charge on any atom is 0.229 e. The summed E-state index contributed by atoms with van der Waals surface area (Å²) in [5.41, 5.74) is 2.48. The Morgan fingerprint density at radius 3 is 2.67 bits per heavy atom. The molecule has 0 aliphatic carbocycles. The molecule has 5 nitrogen and oxygen atoms in total. The van der Waals surface area contributed by atoms with Crippen LogP contribution in [0.3, 0.4) is 0 Å². The second kappa shape index (κ2) is 5.28. The molecule has 3 rings (SSSR count). The second-order valence-corrected chi connectivity index (χ2v) is 4.81. The van der Waals surface area contributed by atoms with E-state index in [1.165, 1.54) is 0 Å². The Morgan fingerprint density at radius 1 is 1.05 bits per heavy atom. The van der Waals surface area contributed by atoms with Crippen molar-refractivity contribution in [1.82, 2.24) is 9.97 Å². The first-order chi connectivity index (χ1) is 10.2. The van der Waals surface area contributed by atoms with Crippen molar-refractivity contribution in [3.8, 4) is 5.75 Å². The van der Waals surface area contributed by atoms with Crippen molar-refractivity contribution in [3.05, 3.63) is 48.0 Å². The molecule has 0 aliphatic heterocycles. The number of phenolic OH excluding ortho intramolecular Hbond substituents is 1. The molecule has 21 heavy (non-hydrogen) atoms. The van der Waals surface area contributed by atoms with Crippen LogP contribution in [0.25, 0.3) is 10.9 Å². The van der Waals surface area contributed by atoms with Gasteiger partial charge in [0, 0.05) is 12.4 Å². The number of phenols is 1. The van der Waals surface area contributed by atoms with Crippen LogP contribution in [0.15, 0.2) is 42.5 Å². The highest BCUT2D eigenvalue weighted by atomic mass is 16.3. The Kier molecular flexibility index (Phi) is 3.31. The van der Waals surface area contributed by atoms with Gasteiger partial charge in [0.1, 0.15) is 11.6 Å². The predicted molar refractivity (Wildman–Crippen MR) is 85.2 cm³/mol. The maximum atomic E-state index is 9.90. The minimum absolute atomic E-state index is 0.170. The lowest BCUT2D eigenvalue weighted by atomic mass is 10.2. The molecule has 0 fully saturated rings. The van der Waals surface area contributed by atoms with E-state index in [9.17, 15) is 5.11 Å². The van der Waals surface area contributed by atoms with Crippen molar-refractivity contribution in [3.63, 3.8) is 0 Å². The van der Waals surface area contributed by atoms with Crippen LogP contribution < -0.4 is 10.6 Å². The van der Waals surface area contributed by atoms with Gasteiger partial charge in [-0.15, -0.1) is 0 Å². The lowest BCUT2D eigenvalue weighted by Crippen LogP contribution is -2.02. The van der Waals surface area contributed by atoms with E-state index in [1.54, 1.807) is 6.07 Å². The van der Waals surface area contributed by atoms with Gasteiger partial charge in [0.2, 0.25) is 5.95 Å². The van der Waals surface area contributed by atoms with Gasteiger partial charge in [-0.05, 0) is 36.8 Å². The minimum atomic E-state index is 0.170. The van der Waals surface area contributed by atoms with Gasteiger partial charge in [0.15, 0.2) is 0 Å². The third-order valence-corrected chi connectivity index (χ3v) is 3.24. The summed E-state index contributed by atoms with van der Waals surface area (Å²) in [6.45, 7) is 1.96. The molecule has 1 aromatic heterocycles. The first-order valence-corrected chi connectivity index (χ1v) is 6.68. The van der Waals surface area contributed by atoms with Gasteiger partial charge in [-0.3, -0.25) is 0 Å². The molecule has 0 saturated carbocycles. The van der Waals surface area contributed by atoms with E-state index in [2.05, 4.69) is 20.6 Å². The minimum Gasteiger partial charge on any atom is -0.506 e. The quantitative estimate of drug-likeness (QED) is 0.641. The summed E-state index contributed by atoms with van der Waals surface area (Å²) >= 11 is 0. The van der Waals surface area contributed by atoms with Crippen LogP contribution in [0.1, 0.15) is 5.56 Å². The highest BCUT2D eigenvalue weighted by molar-refractivity contribution is 5.90. The third-order valence-electron chi connectivity index (χ3n) is 3.24. The van der Waals surface area contributed by atoms with Crippen molar-refractivity contribution in [1.29, 1.82) is 0 Å². The van der Waals surface area contributed by atoms with Crippen LogP contribution in [0, 0.1) is 6.92 Å². The SMILES string of the molecule is CNc1nc(Nc2cc(C)ccc2O)nc2ccccc12. The molecule has 2 aromatic carbocycles. The number of fused-ring (bicyclic) bond motifs is 1. The molecule has 3 aromatic rings. The molecular formula is C16H16N4O. The zero-order valence-corrected chi connectivity index (χ0v) is 11.9. The van der Waals surface area contributed by atoms with Crippen molar-refractivity contribution >= 4 is 28.4 Å². The molecule has 106 valence electrons. The van der Waals surface area contributed by atoms with Gasteiger partial charge in [-0.2, -0.15) is 4.98 Å². The van der Waals surface area contributed by atoms with E-state index < -0.39 is 0 Å². The fourth-order valence-electron chi connectivity index (χ4n) is 2.19. The number of hydrogen-bond acceptors (Lipinski definition) is 5. The van der Waals surface area contributed by atoms with Crippen LogP contribution in [0.4, 0.5) is 17.5 Å². The van der Waals surface area contributed by atoms with E-state index in [0.29, 0.717) is 11.6 Å². The first-order valence-electron chi connectivity index (χ1n) is 6.68. The van der Waals surface area contributed by atoms with E-state index in [4.69, 9.17) is 0 Å². The number of para-hydroxylation sites is 1. The van der Waals surface area contributed by atoms with Crippen molar-refractivity contribution in [2.24, 2.45) is 0 Å². The molecule has 0 atom stereocenters. The molecule has 0 aliphatic rings. The summed E-state index contributed by atoms with van der Waals surface area (Å²) < 4.78 is 0. The lowest BCUT2D eigenvalue weighted by Gasteiger charge is -2.11. The topological polar surface area (TPSA) is 70.1 Å². The lowest BCUT2D eigenvalue weighted by molar-refractivity contribution is 0.477. The summed E-state index contributed by atoms with van der Waals surface area (Å²) in [7, 11) is 1.82. The molecule has 5 heteroatoms. The zero-order chi connectivity index (χ0) is 14.8. The number of rotatable bonds is 3. The highest BCUT2D eigenvalue weighted by Crippen LogP contribution is 2.28. The summed E-state index contributed by atoms with van der Waals surface area (Å²) in [5, 5.41) is 17.0. The number of aromatic nitrogens is 2. The van der Waals surface area contributed by atoms with Crippen LogP contribution in [0.5, 0.6) is 5.75 Å². The van der Waals surface area contributed by atoms with Crippen molar-refractivity contribution in [2.75, 3.05) is 17.7 Å². The second-order valence-electron chi connectivity index (χ2n) is 4.81. The Morgan fingerprint density at radius 2 is 1.86 bits per heavy atom. The first kappa shape index (κ1) is 13.2. The fourth-order valence-corrected chi connectivity index (χ4v) is 2.19. The van der Waals surface area contributed by atoms with Crippen LogP contribution in [-0.4, -0.2) is 22.1 Å². The number of anilines is 3. The molecule has 0 amide bonds. The summed E-state index contributed by atoms with van der Waals surface area (Å²) in [6.07, 6.45) is 0. The van der Waals surface area contributed by atoms with Gasteiger partial charge in [0.05, 0.1) is 11.2 Å². The summed E-state index contributed by atoms with van der Waals surface area (Å²) in [6, 6.07) is 13.1. The number of hydrogen-bond donors (Lipinski definition) is 3. The molecule has 0 bridgehead atoms. The Hall–Kier alpha value is -2.82. The van der Waals surface area contributed by atoms with E-state index in [-0.39, 0.29) is 5.75 Å². The fraction of sp³-hybridized carbons (Fsp3) is 0.125. The smallest absolute Gasteiger partial charge is 0.229 e. The molecule has 1 heterocycles. The normalized spacial score (nSPS) is 10.6. The third kappa shape index (κ3) is 2.58. The standard InChI is InChI=1S/C16H16N4O/c1-10-7-8-14(21)13(9-10)19-16-18-12-6-4-3-5-11(12)15(17-2)20-16/h3-9,21H,1-2H3,(H2,17,18,19,20). The van der Waals surface area contributed by atoms with Crippen LogP contribution in [0.2, 0.25) is 0 Å². The molecule has 3 N–H and O–H groups in total. The van der Waals surface area contributed by atoms with Crippen molar-refractivity contribution < 1.29 is 5.11 Å². The van der Waals surface area contributed by atoms with E-state index >= 15 is 0 Å². The zero-order valence-electron chi connectivity index (χ0n) is 11.9. The molecule has 0 saturated heterocycles. The van der Waals surface area contributed by atoms with Gasteiger partial charge < -0.3 is 15.7 Å². The number of benzene rings is 2. The van der Waals surface area contributed by atoms with Crippen LogP contribution in [-0.2, 0) is 0 Å². The Balaban J connectivity index is 2.06. The molecule has 0 radical (unpaired) electrons. The maximum absolute atomic E-state index is 9.90. The largest absolute Gasteiger partial charge is 0.506 e. The molecular weight excluding hydrogens is 264 g/mol. The van der Waals surface area contributed by atoms with Crippen molar-refractivity contribution in [2.45, 2.75) is 6.92 Å². The van der Waals surface area contributed by atoms with E-state index in [1.807, 2.05) is 50.4 Å². The molecule has 0 spiro atoms. The predicted octanol–water partition coefficient (Wildman–Crippen LogP) is 3.43. The summed E-state index contributed by atoms with van der Waals surface area (Å²) in [4.78, 5) is 8.92.